The fraction of sp³-hybridized carbons (Fsp3) is 0.562. The Bertz CT molecular complexity index is 443. The van der Waals surface area contributed by atoms with Crippen LogP contribution in [-0.4, -0.2) is 43.3 Å². The van der Waals surface area contributed by atoms with E-state index in [2.05, 4.69) is 24.8 Å². The monoisotopic (exact) mass is 274 g/mol. The van der Waals surface area contributed by atoms with Gasteiger partial charge in [-0.2, -0.15) is 5.26 Å². The summed E-state index contributed by atoms with van der Waals surface area (Å²) in [5.41, 5.74) is 0.661. The van der Waals surface area contributed by atoms with E-state index in [1.54, 1.807) is 12.1 Å². The zero-order valence-corrected chi connectivity index (χ0v) is 12.2. The van der Waals surface area contributed by atoms with Gasteiger partial charge in [-0.05, 0) is 44.5 Å². The van der Waals surface area contributed by atoms with Crippen molar-refractivity contribution in [3.63, 3.8) is 0 Å². The molecule has 2 atom stereocenters. The molecule has 108 valence electrons. The van der Waals surface area contributed by atoms with Crippen LogP contribution in [0, 0.1) is 11.3 Å². The fourth-order valence-corrected chi connectivity index (χ4v) is 2.57. The quantitative estimate of drug-likeness (QED) is 0.774. The Kier molecular flexibility index (Phi) is 5.40. The Morgan fingerprint density at radius 2 is 1.90 bits per heavy atom. The van der Waals surface area contributed by atoms with Gasteiger partial charge in [-0.25, -0.2) is 0 Å². The van der Waals surface area contributed by atoms with Gasteiger partial charge >= 0.3 is 0 Å². The van der Waals surface area contributed by atoms with E-state index in [4.69, 9.17) is 14.7 Å². The average Bonchev–Trinajstić information content (AvgIpc) is 2.43. The molecule has 0 amide bonds. The van der Waals surface area contributed by atoms with Gasteiger partial charge < -0.3 is 9.47 Å². The molecule has 1 heterocycles. The van der Waals surface area contributed by atoms with Crippen molar-refractivity contribution in [3.8, 4) is 11.8 Å². The predicted octanol–water partition coefficient (Wildman–Crippen LogP) is 2.44. The molecule has 0 unspecified atom stereocenters. The minimum absolute atomic E-state index is 0.318. The van der Waals surface area contributed by atoms with Gasteiger partial charge in [0.2, 0.25) is 0 Å². The van der Waals surface area contributed by atoms with Crippen molar-refractivity contribution in [3.05, 3.63) is 29.8 Å². The van der Waals surface area contributed by atoms with Crippen LogP contribution in [0.25, 0.3) is 0 Å². The van der Waals surface area contributed by atoms with Gasteiger partial charge in [-0.1, -0.05) is 0 Å². The molecule has 0 aliphatic carbocycles. The smallest absolute Gasteiger partial charge is 0.119 e. The second-order valence-electron chi connectivity index (χ2n) is 5.36. The van der Waals surface area contributed by atoms with Gasteiger partial charge in [0.1, 0.15) is 5.75 Å². The first-order chi connectivity index (χ1) is 9.67. The van der Waals surface area contributed by atoms with E-state index in [9.17, 15) is 0 Å². The topological polar surface area (TPSA) is 45.5 Å². The molecule has 0 radical (unpaired) electrons. The molecule has 1 saturated heterocycles. The van der Waals surface area contributed by atoms with Crippen LogP contribution in [0.15, 0.2) is 24.3 Å². The molecule has 2 rings (SSSR count). The number of hydrogen-bond acceptors (Lipinski definition) is 4. The predicted molar refractivity (Wildman–Crippen MR) is 77.7 cm³/mol. The average molecular weight is 274 g/mol. The molecular formula is C16H22N2O2. The van der Waals surface area contributed by atoms with Crippen LogP contribution < -0.4 is 4.74 Å². The summed E-state index contributed by atoms with van der Waals surface area (Å²) < 4.78 is 11.4. The van der Waals surface area contributed by atoms with Crippen LogP contribution in [0.2, 0.25) is 0 Å². The number of hydrogen-bond donors (Lipinski definition) is 0. The highest BCUT2D eigenvalue weighted by atomic mass is 16.5. The number of benzene rings is 1. The zero-order chi connectivity index (χ0) is 14.4. The van der Waals surface area contributed by atoms with E-state index >= 15 is 0 Å². The normalized spacial score (nSPS) is 23.2. The summed E-state index contributed by atoms with van der Waals surface area (Å²) in [6.45, 7) is 7.98. The molecule has 1 aromatic rings. The molecule has 1 fully saturated rings. The number of nitriles is 1. The lowest BCUT2D eigenvalue weighted by Crippen LogP contribution is -2.45. The van der Waals surface area contributed by atoms with Gasteiger partial charge in [0, 0.05) is 19.6 Å². The molecule has 0 aromatic heterocycles. The van der Waals surface area contributed by atoms with Crippen LogP contribution in [0.1, 0.15) is 25.8 Å². The summed E-state index contributed by atoms with van der Waals surface area (Å²) in [6, 6.07) is 9.34. The van der Waals surface area contributed by atoms with E-state index in [1.807, 2.05) is 12.1 Å². The second kappa shape index (κ2) is 7.28. The number of morpholine rings is 1. The molecule has 4 nitrogen and oxygen atoms in total. The first-order valence-electron chi connectivity index (χ1n) is 7.18. The summed E-state index contributed by atoms with van der Waals surface area (Å²) in [5, 5.41) is 8.72. The van der Waals surface area contributed by atoms with Crippen molar-refractivity contribution < 1.29 is 9.47 Å². The molecule has 1 aliphatic rings. The minimum Gasteiger partial charge on any atom is -0.494 e. The van der Waals surface area contributed by atoms with Crippen LogP contribution in [-0.2, 0) is 4.74 Å². The molecule has 20 heavy (non-hydrogen) atoms. The standard InChI is InChI=1S/C16H22N2O2/c1-13-11-18(12-14(2)20-13)8-3-9-19-16-6-4-15(10-17)5-7-16/h4-7,13-14H,3,8-9,11-12H2,1-2H3/t13-,14-/m1/s1. The highest BCUT2D eigenvalue weighted by Gasteiger charge is 2.21. The Balaban J connectivity index is 1.67. The van der Waals surface area contributed by atoms with E-state index in [0.29, 0.717) is 24.4 Å². The molecule has 1 aromatic carbocycles. The summed E-state index contributed by atoms with van der Waals surface area (Å²) >= 11 is 0. The molecule has 0 N–H and O–H groups in total. The third kappa shape index (κ3) is 4.52. The third-order valence-electron chi connectivity index (χ3n) is 3.37. The van der Waals surface area contributed by atoms with Crippen LogP contribution >= 0.6 is 0 Å². The number of ether oxygens (including phenoxy) is 2. The minimum atomic E-state index is 0.318. The lowest BCUT2D eigenvalue weighted by molar-refractivity contribution is -0.0686. The Labute approximate surface area is 120 Å². The van der Waals surface area contributed by atoms with Crippen LogP contribution in [0.4, 0.5) is 0 Å². The highest BCUT2D eigenvalue weighted by Crippen LogP contribution is 2.13. The maximum Gasteiger partial charge on any atom is 0.119 e. The Hall–Kier alpha value is -1.57. The third-order valence-corrected chi connectivity index (χ3v) is 3.37. The lowest BCUT2D eigenvalue weighted by Gasteiger charge is -2.35. The Morgan fingerprint density at radius 3 is 2.50 bits per heavy atom. The summed E-state index contributed by atoms with van der Waals surface area (Å²) in [7, 11) is 0. The largest absolute Gasteiger partial charge is 0.494 e. The first kappa shape index (κ1) is 14.8. The maximum absolute atomic E-state index is 8.72. The lowest BCUT2D eigenvalue weighted by atomic mass is 10.2. The van der Waals surface area contributed by atoms with Crippen LogP contribution in [0.3, 0.4) is 0 Å². The number of rotatable bonds is 5. The summed E-state index contributed by atoms with van der Waals surface area (Å²) in [4.78, 5) is 2.43. The van der Waals surface area contributed by atoms with Crippen molar-refractivity contribution in [2.45, 2.75) is 32.5 Å². The van der Waals surface area contributed by atoms with E-state index < -0.39 is 0 Å². The SMILES string of the molecule is C[C@@H]1CN(CCCOc2ccc(C#N)cc2)C[C@@H](C)O1. The van der Waals surface area contributed by atoms with Crippen molar-refractivity contribution in [1.29, 1.82) is 5.26 Å². The van der Waals surface area contributed by atoms with Crippen LogP contribution in [0.5, 0.6) is 5.75 Å². The van der Waals surface area contributed by atoms with Crippen molar-refractivity contribution in [2.24, 2.45) is 0 Å². The molecule has 0 spiro atoms. The van der Waals surface area contributed by atoms with Crippen molar-refractivity contribution >= 4 is 0 Å². The highest BCUT2D eigenvalue weighted by molar-refractivity contribution is 5.34. The van der Waals surface area contributed by atoms with Crippen molar-refractivity contribution in [1.82, 2.24) is 4.90 Å². The van der Waals surface area contributed by atoms with Gasteiger partial charge in [-0.3, -0.25) is 4.90 Å². The summed E-state index contributed by atoms with van der Waals surface area (Å²) in [5.74, 6) is 0.827. The zero-order valence-electron chi connectivity index (χ0n) is 12.2. The molecule has 4 heteroatoms. The molecule has 1 aliphatic heterocycles. The summed E-state index contributed by atoms with van der Waals surface area (Å²) in [6.07, 6.45) is 1.63. The van der Waals surface area contributed by atoms with E-state index in [-0.39, 0.29) is 0 Å². The Morgan fingerprint density at radius 1 is 1.25 bits per heavy atom. The van der Waals surface area contributed by atoms with Gasteiger partial charge in [-0.15, -0.1) is 0 Å². The number of nitrogens with zero attached hydrogens (tertiary/aromatic N) is 2. The fourth-order valence-electron chi connectivity index (χ4n) is 2.57. The molecular weight excluding hydrogens is 252 g/mol. The van der Waals surface area contributed by atoms with E-state index in [0.717, 1.165) is 31.8 Å². The van der Waals surface area contributed by atoms with E-state index in [1.165, 1.54) is 0 Å². The molecule has 0 saturated carbocycles. The van der Waals surface area contributed by atoms with Gasteiger partial charge in [0.05, 0.1) is 30.4 Å². The molecule has 0 bridgehead atoms. The first-order valence-corrected chi connectivity index (χ1v) is 7.18. The maximum atomic E-state index is 8.72. The van der Waals surface area contributed by atoms with Crippen molar-refractivity contribution in [2.75, 3.05) is 26.2 Å². The van der Waals surface area contributed by atoms with Gasteiger partial charge in [0.25, 0.3) is 0 Å². The second-order valence-corrected chi connectivity index (χ2v) is 5.36. The van der Waals surface area contributed by atoms with Gasteiger partial charge in [0.15, 0.2) is 0 Å².